The molecule has 0 amide bonds. The highest BCUT2D eigenvalue weighted by atomic mass is 16.5. The predicted molar refractivity (Wildman–Crippen MR) is 64.0 cm³/mol. The van der Waals surface area contributed by atoms with Gasteiger partial charge in [-0.25, -0.2) is 0 Å². The lowest BCUT2D eigenvalue weighted by atomic mass is 10.1. The number of rotatable bonds is 3. The van der Waals surface area contributed by atoms with Crippen LogP contribution in [0.1, 0.15) is 0 Å². The second-order valence-corrected chi connectivity index (χ2v) is 3.57. The molecule has 0 saturated heterocycles. The summed E-state index contributed by atoms with van der Waals surface area (Å²) in [6, 6.07) is 10.0. The summed E-state index contributed by atoms with van der Waals surface area (Å²) in [5.41, 5.74) is 2.27. The molecule has 0 N–H and O–H groups in total. The van der Waals surface area contributed by atoms with Gasteiger partial charge in [0, 0.05) is 24.5 Å². The monoisotopic (exact) mass is 217 g/mol. The van der Waals surface area contributed by atoms with Crippen LogP contribution in [0, 0.1) is 0 Å². The Morgan fingerprint density at radius 3 is 2.31 bits per heavy atom. The molecule has 0 radical (unpaired) electrons. The Labute approximate surface area is 95.2 Å². The van der Waals surface area contributed by atoms with E-state index >= 15 is 0 Å². The Bertz CT molecular complexity index is 488. The molecule has 0 aliphatic rings. The minimum Gasteiger partial charge on any atom is -0.493 e. The maximum absolute atomic E-state index is 5.28. The van der Waals surface area contributed by atoms with E-state index in [0.717, 1.165) is 22.8 Å². The molecule has 2 aromatic rings. The zero-order chi connectivity index (χ0) is 11.5. The largest absolute Gasteiger partial charge is 0.493 e. The van der Waals surface area contributed by atoms with E-state index in [9.17, 15) is 0 Å². The lowest BCUT2D eigenvalue weighted by molar-refractivity contribution is 0.355. The Morgan fingerprint density at radius 1 is 1.00 bits per heavy atom. The van der Waals surface area contributed by atoms with Crippen molar-refractivity contribution in [2.45, 2.75) is 0 Å². The van der Waals surface area contributed by atoms with Crippen molar-refractivity contribution in [2.75, 3.05) is 14.2 Å². The van der Waals surface area contributed by atoms with Crippen LogP contribution >= 0.6 is 0 Å². The average Bonchev–Trinajstić information content (AvgIpc) is 2.74. The summed E-state index contributed by atoms with van der Waals surface area (Å²) in [6.45, 7) is 0. The molecule has 0 fully saturated rings. The van der Waals surface area contributed by atoms with Gasteiger partial charge in [-0.05, 0) is 30.3 Å². The molecule has 0 aliphatic heterocycles. The number of nitrogens with zero attached hydrogens (tertiary/aromatic N) is 1. The van der Waals surface area contributed by atoms with Crippen LogP contribution in [-0.2, 0) is 7.05 Å². The first-order valence-electron chi connectivity index (χ1n) is 5.10. The van der Waals surface area contributed by atoms with Crippen LogP contribution in [0.25, 0.3) is 11.3 Å². The molecule has 3 heteroatoms. The molecule has 0 spiro atoms. The third-order valence-corrected chi connectivity index (χ3v) is 2.62. The highest BCUT2D eigenvalue weighted by molar-refractivity contribution is 5.64. The quantitative estimate of drug-likeness (QED) is 0.789. The number of benzene rings is 1. The van der Waals surface area contributed by atoms with Crippen LogP contribution in [0.2, 0.25) is 0 Å². The zero-order valence-electron chi connectivity index (χ0n) is 9.73. The molecule has 3 nitrogen and oxygen atoms in total. The minimum atomic E-state index is 0.750. The number of aromatic nitrogens is 1. The summed E-state index contributed by atoms with van der Waals surface area (Å²) >= 11 is 0. The van der Waals surface area contributed by atoms with Crippen molar-refractivity contribution in [3.8, 4) is 22.8 Å². The Hall–Kier alpha value is -1.90. The summed E-state index contributed by atoms with van der Waals surface area (Å²) in [6.07, 6.45) is 2.02. The van der Waals surface area contributed by atoms with Crippen molar-refractivity contribution in [3.63, 3.8) is 0 Å². The molecule has 84 valence electrons. The Morgan fingerprint density at radius 2 is 1.75 bits per heavy atom. The van der Waals surface area contributed by atoms with E-state index in [1.54, 1.807) is 14.2 Å². The van der Waals surface area contributed by atoms with Gasteiger partial charge in [0.25, 0.3) is 0 Å². The topological polar surface area (TPSA) is 23.4 Å². The fraction of sp³-hybridized carbons (Fsp3) is 0.231. The van der Waals surface area contributed by atoms with E-state index in [4.69, 9.17) is 9.47 Å². The molecule has 1 heterocycles. The molecular weight excluding hydrogens is 202 g/mol. The number of ether oxygens (including phenoxy) is 2. The first-order chi connectivity index (χ1) is 7.76. The Balaban J connectivity index is 2.48. The molecule has 1 aromatic heterocycles. The molecule has 0 aliphatic carbocycles. The average molecular weight is 217 g/mol. The Kier molecular flexibility index (Phi) is 2.86. The van der Waals surface area contributed by atoms with E-state index < -0.39 is 0 Å². The van der Waals surface area contributed by atoms with Crippen LogP contribution in [0.4, 0.5) is 0 Å². The van der Waals surface area contributed by atoms with E-state index in [1.807, 2.05) is 37.5 Å². The highest BCUT2D eigenvalue weighted by Gasteiger charge is 2.07. The van der Waals surface area contributed by atoms with Gasteiger partial charge in [-0.15, -0.1) is 0 Å². The van der Waals surface area contributed by atoms with Crippen LogP contribution in [0.15, 0.2) is 36.5 Å². The summed E-state index contributed by atoms with van der Waals surface area (Å²) in [4.78, 5) is 0. The molecule has 0 unspecified atom stereocenters. The third-order valence-electron chi connectivity index (χ3n) is 2.62. The van der Waals surface area contributed by atoms with Gasteiger partial charge in [0.1, 0.15) is 0 Å². The second kappa shape index (κ2) is 4.31. The molecule has 0 bridgehead atoms. The fourth-order valence-electron chi connectivity index (χ4n) is 1.76. The van der Waals surface area contributed by atoms with Crippen molar-refractivity contribution >= 4 is 0 Å². The lowest BCUT2D eigenvalue weighted by Gasteiger charge is -2.10. The van der Waals surface area contributed by atoms with Gasteiger partial charge in [0.15, 0.2) is 11.5 Å². The predicted octanol–water partition coefficient (Wildman–Crippen LogP) is 2.71. The van der Waals surface area contributed by atoms with Crippen molar-refractivity contribution in [3.05, 3.63) is 36.5 Å². The van der Waals surface area contributed by atoms with E-state index in [1.165, 1.54) is 0 Å². The number of methoxy groups -OCH3 is 2. The molecular formula is C13H15NO2. The van der Waals surface area contributed by atoms with Gasteiger partial charge in [0.05, 0.1) is 14.2 Å². The van der Waals surface area contributed by atoms with Gasteiger partial charge in [0.2, 0.25) is 0 Å². The standard InChI is InChI=1S/C13H15NO2/c1-14-8-4-5-11(14)10-6-7-12(15-2)13(9-10)16-3/h4-9H,1-3H3. The van der Waals surface area contributed by atoms with Gasteiger partial charge in [-0.1, -0.05) is 0 Å². The van der Waals surface area contributed by atoms with Crippen molar-refractivity contribution in [1.29, 1.82) is 0 Å². The summed E-state index contributed by atoms with van der Waals surface area (Å²) in [7, 11) is 5.30. The van der Waals surface area contributed by atoms with Crippen molar-refractivity contribution in [2.24, 2.45) is 7.05 Å². The molecule has 0 saturated carbocycles. The fourth-order valence-corrected chi connectivity index (χ4v) is 1.76. The zero-order valence-corrected chi connectivity index (χ0v) is 9.73. The van der Waals surface area contributed by atoms with Gasteiger partial charge in [-0.3, -0.25) is 0 Å². The van der Waals surface area contributed by atoms with Gasteiger partial charge in [-0.2, -0.15) is 0 Å². The second-order valence-electron chi connectivity index (χ2n) is 3.57. The molecule has 0 atom stereocenters. The highest BCUT2D eigenvalue weighted by Crippen LogP contribution is 2.32. The van der Waals surface area contributed by atoms with Crippen molar-refractivity contribution in [1.82, 2.24) is 4.57 Å². The lowest BCUT2D eigenvalue weighted by Crippen LogP contribution is -1.93. The first-order valence-corrected chi connectivity index (χ1v) is 5.10. The molecule has 16 heavy (non-hydrogen) atoms. The first kappa shape index (κ1) is 10.6. The van der Waals surface area contributed by atoms with Gasteiger partial charge >= 0.3 is 0 Å². The normalized spacial score (nSPS) is 10.2. The van der Waals surface area contributed by atoms with Crippen LogP contribution in [0.5, 0.6) is 11.5 Å². The van der Waals surface area contributed by atoms with Crippen LogP contribution in [-0.4, -0.2) is 18.8 Å². The van der Waals surface area contributed by atoms with E-state index in [2.05, 4.69) is 10.6 Å². The maximum atomic E-state index is 5.28. The summed E-state index contributed by atoms with van der Waals surface area (Å²) in [5, 5.41) is 0. The summed E-state index contributed by atoms with van der Waals surface area (Å²) in [5.74, 6) is 1.50. The van der Waals surface area contributed by atoms with Gasteiger partial charge < -0.3 is 14.0 Å². The van der Waals surface area contributed by atoms with E-state index in [-0.39, 0.29) is 0 Å². The third kappa shape index (κ3) is 1.76. The summed E-state index contributed by atoms with van der Waals surface area (Å²) < 4.78 is 12.6. The number of aryl methyl sites for hydroxylation is 1. The maximum Gasteiger partial charge on any atom is 0.161 e. The van der Waals surface area contributed by atoms with Crippen LogP contribution in [0.3, 0.4) is 0 Å². The van der Waals surface area contributed by atoms with E-state index in [0.29, 0.717) is 0 Å². The SMILES string of the molecule is COc1ccc(-c2cccn2C)cc1OC. The van der Waals surface area contributed by atoms with Crippen molar-refractivity contribution < 1.29 is 9.47 Å². The number of hydrogen-bond donors (Lipinski definition) is 0. The van der Waals surface area contributed by atoms with Crippen LogP contribution < -0.4 is 9.47 Å². The minimum absolute atomic E-state index is 0.750. The molecule has 1 aromatic carbocycles. The number of hydrogen-bond acceptors (Lipinski definition) is 2. The smallest absolute Gasteiger partial charge is 0.161 e. The molecule has 2 rings (SSSR count).